The highest BCUT2D eigenvalue weighted by Crippen LogP contribution is 2.27. The monoisotopic (exact) mass is 310 g/mol. The second-order valence-electron chi connectivity index (χ2n) is 4.54. The van der Waals surface area contributed by atoms with Gasteiger partial charge in [-0.05, 0) is 30.7 Å². The summed E-state index contributed by atoms with van der Waals surface area (Å²) in [6.45, 7) is 0. The molecule has 2 nitrogen and oxygen atoms in total. The largest absolute Gasteiger partial charge is 0.307 e. The van der Waals surface area contributed by atoms with Gasteiger partial charge in [0.25, 0.3) is 0 Å². The van der Waals surface area contributed by atoms with Crippen molar-refractivity contribution >= 4 is 33.3 Å². The van der Waals surface area contributed by atoms with Crippen LogP contribution in [0, 0.1) is 0 Å². The molecule has 1 unspecified atom stereocenters. The Bertz CT molecular complexity index is 517. The summed E-state index contributed by atoms with van der Waals surface area (Å²) in [6, 6.07) is 4.12. The minimum Gasteiger partial charge on any atom is -0.307 e. The van der Waals surface area contributed by atoms with Crippen molar-refractivity contribution in [3.05, 3.63) is 34.7 Å². The molecule has 0 spiro atoms. The van der Waals surface area contributed by atoms with Crippen LogP contribution >= 0.6 is 27.7 Å². The zero-order chi connectivity index (χ0) is 11.7. The minimum absolute atomic E-state index is 0.775. The van der Waals surface area contributed by atoms with Gasteiger partial charge in [-0.3, -0.25) is 0 Å². The Kier molecular flexibility index (Phi) is 3.43. The lowest BCUT2D eigenvalue weighted by atomic mass is 10.1. The number of aromatic nitrogens is 2. The van der Waals surface area contributed by atoms with Crippen LogP contribution in [0.3, 0.4) is 0 Å². The van der Waals surface area contributed by atoms with Crippen LogP contribution in [0.4, 0.5) is 0 Å². The van der Waals surface area contributed by atoms with Gasteiger partial charge in [0.1, 0.15) is 5.65 Å². The van der Waals surface area contributed by atoms with Crippen molar-refractivity contribution in [1.29, 1.82) is 0 Å². The minimum atomic E-state index is 0.775. The molecule has 1 aliphatic heterocycles. The Morgan fingerprint density at radius 2 is 2.41 bits per heavy atom. The van der Waals surface area contributed by atoms with E-state index in [-0.39, 0.29) is 0 Å². The van der Waals surface area contributed by atoms with Gasteiger partial charge in [-0.25, -0.2) is 4.98 Å². The summed E-state index contributed by atoms with van der Waals surface area (Å²) in [4.78, 5) is 4.69. The maximum absolute atomic E-state index is 4.69. The second kappa shape index (κ2) is 5.02. The Morgan fingerprint density at radius 3 is 3.24 bits per heavy atom. The van der Waals surface area contributed by atoms with Crippen LogP contribution in [0.1, 0.15) is 25.0 Å². The third-order valence-electron chi connectivity index (χ3n) is 3.18. The first kappa shape index (κ1) is 11.6. The lowest BCUT2D eigenvalue weighted by molar-refractivity contribution is 0.656. The van der Waals surface area contributed by atoms with E-state index >= 15 is 0 Å². The van der Waals surface area contributed by atoms with E-state index in [1.54, 1.807) is 0 Å². The molecule has 0 saturated carbocycles. The molecule has 3 rings (SSSR count). The van der Waals surface area contributed by atoms with Crippen molar-refractivity contribution < 1.29 is 0 Å². The van der Waals surface area contributed by atoms with E-state index in [0.29, 0.717) is 0 Å². The molecule has 1 fully saturated rings. The fraction of sp³-hybridized carbons (Fsp3) is 0.462. The second-order valence-corrected chi connectivity index (χ2v) is 6.86. The van der Waals surface area contributed by atoms with Crippen LogP contribution in [0.2, 0.25) is 0 Å². The fourth-order valence-electron chi connectivity index (χ4n) is 2.31. The Hall–Kier alpha value is -0.480. The number of halogens is 1. The molecule has 17 heavy (non-hydrogen) atoms. The fourth-order valence-corrected chi connectivity index (χ4v) is 3.96. The van der Waals surface area contributed by atoms with Crippen LogP contribution in [0.25, 0.3) is 5.65 Å². The summed E-state index contributed by atoms with van der Waals surface area (Å²) in [5.74, 6) is 1.32. The molecule has 0 N–H and O–H groups in total. The van der Waals surface area contributed by atoms with E-state index < -0.39 is 0 Å². The zero-order valence-electron chi connectivity index (χ0n) is 9.60. The third-order valence-corrected chi connectivity index (χ3v) is 5.07. The van der Waals surface area contributed by atoms with Crippen molar-refractivity contribution in [2.24, 2.45) is 0 Å². The number of hydrogen-bond donors (Lipinski definition) is 0. The predicted molar refractivity (Wildman–Crippen MR) is 76.7 cm³/mol. The van der Waals surface area contributed by atoms with Crippen LogP contribution in [0.5, 0.6) is 0 Å². The number of imidazole rings is 1. The van der Waals surface area contributed by atoms with E-state index in [0.717, 1.165) is 21.8 Å². The summed E-state index contributed by atoms with van der Waals surface area (Å²) in [7, 11) is 0. The van der Waals surface area contributed by atoms with Gasteiger partial charge in [0.15, 0.2) is 0 Å². The number of rotatable bonds is 2. The number of pyridine rings is 1. The normalized spacial score (nSPS) is 20.9. The average molecular weight is 311 g/mol. The topological polar surface area (TPSA) is 17.3 Å². The molecular weight excluding hydrogens is 296 g/mol. The molecule has 0 radical (unpaired) electrons. The van der Waals surface area contributed by atoms with Crippen molar-refractivity contribution in [3.8, 4) is 0 Å². The standard InChI is InChI=1S/C13H15BrN2S/c14-10-4-5-16-9-11(15-13(16)7-10)8-12-3-1-2-6-17-12/h4-5,7,9,12H,1-3,6,8H2. The predicted octanol–water partition coefficient (Wildman–Crippen LogP) is 3.93. The molecule has 0 aliphatic carbocycles. The molecule has 1 atom stereocenters. The number of fused-ring (bicyclic) bond motifs is 1. The van der Waals surface area contributed by atoms with Crippen molar-refractivity contribution in [1.82, 2.24) is 9.38 Å². The molecule has 0 aromatic carbocycles. The highest BCUT2D eigenvalue weighted by Gasteiger charge is 2.15. The van der Waals surface area contributed by atoms with Crippen molar-refractivity contribution in [2.45, 2.75) is 30.9 Å². The van der Waals surface area contributed by atoms with Crippen molar-refractivity contribution in [3.63, 3.8) is 0 Å². The summed E-state index contributed by atoms with van der Waals surface area (Å²) in [5, 5.41) is 0.775. The highest BCUT2D eigenvalue weighted by molar-refractivity contribution is 9.10. The number of nitrogens with zero attached hydrogens (tertiary/aromatic N) is 2. The summed E-state index contributed by atoms with van der Waals surface area (Å²) in [6.07, 6.45) is 9.46. The first-order valence-electron chi connectivity index (χ1n) is 6.06. The highest BCUT2D eigenvalue weighted by atomic mass is 79.9. The van der Waals surface area contributed by atoms with Gasteiger partial charge in [0.05, 0.1) is 5.69 Å². The van der Waals surface area contributed by atoms with E-state index in [4.69, 9.17) is 0 Å². The van der Waals surface area contributed by atoms with Crippen LogP contribution < -0.4 is 0 Å². The quantitative estimate of drug-likeness (QED) is 0.836. The lowest BCUT2D eigenvalue weighted by Crippen LogP contribution is -2.12. The first-order chi connectivity index (χ1) is 8.31. The summed E-state index contributed by atoms with van der Waals surface area (Å²) < 4.78 is 3.20. The van der Waals surface area contributed by atoms with Crippen molar-refractivity contribution in [2.75, 3.05) is 5.75 Å². The Labute approximate surface area is 114 Å². The molecule has 1 saturated heterocycles. The van der Waals surface area contributed by atoms with Gasteiger partial charge in [0.2, 0.25) is 0 Å². The molecule has 0 amide bonds. The van der Waals surface area contributed by atoms with E-state index in [1.807, 2.05) is 6.07 Å². The van der Waals surface area contributed by atoms with Gasteiger partial charge >= 0.3 is 0 Å². The van der Waals surface area contributed by atoms with Crippen LogP contribution in [-0.2, 0) is 6.42 Å². The number of thioether (sulfide) groups is 1. The van der Waals surface area contributed by atoms with E-state index in [2.05, 4.69) is 55.5 Å². The smallest absolute Gasteiger partial charge is 0.138 e. The van der Waals surface area contributed by atoms with Crippen LogP contribution in [0.15, 0.2) is 29.0 Å². The van der Waals surface area contributed by atoms with E-state index in [9.17, 15) is 0 Å². The van der Waals surface area contributed by atoms with Gasteiger partial charge in [-0.1, -0.05) is 22.4 Å². The molecule has 2 aromatic heterocycles. The lowest BCUT2D eigenvalue weighted by Gasteiger charge is -2.19. The van der Waals surface area contributed by atoms with Gasteiger partial charge < -0.3 is 4.40 Å². The average Bonchev–Trinajstić information content (AvgIpc) is 2.71. The third kappa shape index (κ3) is 2.68. The zero-order valence-corrected chi connectivity index (χ0v) is 12.0. The maximum atomic E-state index is 4.69. The molecule has 3 heterocycles. The molecule has 1 aliphatic rings. The molecule has 90 valence electrons. The number of hydrogen-bond acceptors (Lipinski definition) is 2. The van der Waals surface area contributed by atoms with Gasteiger partial charge in [-0.15, -0.1) is 0 Å². The maximum Gasteiger partial charge on any atom is 0.138 e. The SMILES string of the molecule is Brc1ccn2cc(CC3CCCCS3)nc2c1. The van der Waals surface area contributed by atoms with Gasteiger partial charge in [0, 0.05) is 28.5 Å². The molecule has 2 aromatic rings. The summed E-state index contributed by atoms with van der Waals surface area (Å²) in [5.41, 5.74) is 2.26. The first-order valence-corrected chi connectivity index (χ1v) is 7.90. The molecule has 4 heteroatoms. The Morgan fingerprint density at radius 1 is 1.47 bits per heavy atom. The van der Waals surface area contributed by atoms with Crippen LogP contribution in [-0.4, -0.2) is 20.4 Å². The Balaban J connectivity index is 1.80. The molecular formula is C13H15BrN2S. The van der Waals surface area contributed by atoms with Gasteiger partial charge in [-0.2, -0.15) is 11.8 Å². The van der Waals surface area contributed by atoms with E-state index in [1.165, 1.54) is 30.7 Å². The molecule has 0 bridgehead atoms. The summed E-state index contributed by atoms with van der Waals surface area (Å²) >= 11 is 5.60.